The van der Waals surface area contributed by atoms with Gasteiger partial charge in [-0.1, -0.05) is 50.3 Å². The molecule has 4 heteroatoms. The van der Waals surface area contributed by atoms with Crippen molar-refractivity contribution in [3.05, 3.63) is 0 Å². The molecule has 2 rings (SSSR count). The van der Waals surface area contributed by atoms with Crippen LogP contribution >= 0.6 is 22.6 Å². The van der Waals surface area contributed by atoms with Crippen LogP contribution in [0.3, 0.4) is 0 Å². The number of esters is 1. The van der Waals surface area contributed by atoms with Gasteiger partial charge in [-0.05, 0) is 42.4 Å². The molecule has 0 amide bonds. The zero-order valence-corrected chi connectivity index (χ0v) is 14.5. The Kier molecular flexibility index (Phi) is 4.51. The van der Waals surface area contributed by atoms with Gasteiger partial charge in [-0.25, -0.2) is 0 Å². The summed E-state index contributed by atoms with van der Waals surface area (Å²) in [4.78, 5) is 11.6. The second-order valence-corrected chi connectivity index (χ2v) is 8.42. The zero-order valence-electron chi connectivity index (χ0n) is 12.4. The summed E-state index contributed by atoms with van der Waals surface area (Å²) < 4.78 is 11.1. The predicted octanol–water partition coefficient (Wildman–Crippen LogP) is 3.93. The van der Waals surface area contributed by atoms with E-state index in [1.165, 1.54) is 19.3 Å². The Balaban J connectivity index is 1.88. The van der Waals surface area contributed by atoms with Crippen molar-refractivity contribution in [1.82, 2.24) is 0 Å². The van der Waals surface area contributed by atoms with Crippen LogP contribution in [0.5, 0.6) is 0 Å². The minimum atomic E-state index is -0.158. The number of ether oxygens (including phenoxy) is 2. The lowest BCUT2D eigenvalue weighted by atomic mass is 9.70. The first kappa shape index (κ1) is 15.5. The summed E-state index contributed by atoms with van der Waals surface area (Å²) in [5, 5.41) is 0. The molecule has 0 radical (unpaired) electrons. The van der Waals surface area contributed by atoms with Gasteiger partial charge in [-0.3, -0.25) is 4.79 Å². The number of carbonyl (C=O) groups excluding carboxylic acids is 1. The van der Waals surface area contributed by atoms with Gasteiger partial charge < -0.3 is 9.47 Å². The maximum Gasteiger partial charge on any atom is 0.320 e. The molecule has 2 bridgehead atoms. The summed E-state index contributed by atoms with van der Waals surface area (Å²) in [5.41, 5.74) is 0.475. The third-order valence-corrected chi connectivity index (χ3v) is 6.58. The Bertz CT molecular complexity index is 351. The Morgan fingerprint density at radius 1 is 1.42 bits per heavy atom. The molecule has 0 heterocycles. The summed E-state index contributed by atoms with van der Waals surface area (Å²) in [6.45, 7) is 9.00. The molecule has 19 heavy (non-hydrogen) atoms. The van der Waals surface area contributed by atoms with Crippen LogP contribution in [0, 0.1) is 16.7 Å². The minimum Gasteiger partial charge on any atom is -0.438 e. The number of carbonyl (C=O) groups is 1. The highest BCUT2D eigenvalue weighted by molar-refractivity contribution is 14.1. The fourth-order valence-corrected chi connectivity index (χ4v) is 4.27. The van der Waals surface area contributed by atoms with Gasteiger partial charge in [0.15, 0.2) is 6.79 Å². The Morgan fingerprint density at radius 3 is 2.63 bits per heavy atom. The summed E-state index contributed by atoms with van der Waals surface area (Å²) >= 11 is 2.12. The van der Waals surface area contributed by atoms with Crippen LogP contribution in [0.25, 0.3) is 0 Å². The topological polar surface area (TPSA) is 35.5 Å². The molecule has 4 atom stereocenters. The van der Waals surface area contributed by atoms with E-state index in [4.69, 9.17) is 9.47 Å². The van der Waals surface area contributed by atoms with Crippen LogP contribution < -0.4 is 0 Å². The number of hydrogen-bond donors (Lipinski definition) is 0. The van der Waals surface area contributed by atoms with Gasteiger partial charge in [-0.2, -0.15) is 0 Å². The predicted molar refractivity (Wildman–Crippen MR) is 83.2 cm³/mol. The van der Waals surface area contributed by atoms with E-state index in [9.17, 15) is 4.79 Å². The molecule has 3 nitrogen and oxygen atoms in total. The molecule has 0 spiro atoms. The van der Waals surface area contributed by atoms with Crippen molar-refractivity contribution in [3.8, 4) is 0 Å². The highest BCUT2D eigenvalue weighted by Gasteiger charge is 2.60. The van der Waals surface area contributed by atoms with E-state index in [1.54, 1.807) is 0 Å². The molecule has 0 aromatic heterocycles. The first-order valence-electron chi connectivity index (χ1n) is 7.23. The molecule has 0 aliphatic heterocycles. The van der Waals surface area contributed by atoms with Gasteiger partial charge in [-0.15, -0.1) is 0 Å². The quantitative estimate of drug-likeness (QED) is 0.314. The number of alkyl halides is 1. The molecule has 4 unspecified atom stereocenters. The van der Waals surface area contributed by atoms with Crippen LogP contribution in [0.15, 0.2) is 0 Å². The Hall–Kier alpha value is 0.160. The maximum atomic E-state index is 11.6. The van der Waals surface area contributed by atoms with Gasteiger partial charge in [0.25, 0.3) is 0 Å². The van der Waals surface area contributed by atoms with Gasteiger partial charge in [0.05, 0.1) is 6.10 Å². The van der Waals surface area contributed by atoms with E-state index in [0.29, 0.717) is 0 Å². The van der Waals surface area contributed by atoms with Crippen molar-refractivity contribution in [1.29, 1.82) is 0 Å². The first-order valence-corrected chi connectivity index (χ1v) is 8.48. The average Bonchev–Trinajstić information content (AvgIpc) is 2.83. The smallest absolute Gasteiger partial charge is 0.320 e. The van der Waals surface area contributed by atoms with Crippen LogP contribution in [-0.2, 0) is 14.3 Å². The van der Waals surface area contributed by atoms with Crippen molar-refractivity contribution in [2.24, 2.45) is 16.7 Å². The van der Waals surface area contributed by atoms with Gasteiger partial charge >= 0.3 is 5.97 Å². The SMILES string of the molecule is CCC(I)C(=O)OCOC1C2(C)CCC(C2)C1(C)C. The number of hydrogen-bond acceptors (Lipinski definition) is 3. The van der Waals surface area contributed by atoms with Crippen molar-refractivity contribution < 1.29 is 14.3 Å². The molecule has 2 fully saturated rings. The molecule has 0 aromatic carbocycles. The molecular weight excluding hydrogens is 355 g/mol. The van der Waals surface area contributed by atoms with E-state index in [2.05, 4.69) is 43.4 Å². The van der Waals surface area contributed by atoms with E-state index in [-0.39, 0.29) is 33.6 Å². The fraction of sp³-hybridized carbons (Fsp3) is 0.933. The highest BCUT2D eigenvalue weighted by Crippen LogP contribution is 2.63. The van der Waals surface area contributed by atoms with E-state index in [0.717, 1.165) is 12.3 Å². The molecular formula is C15H25IO3. The number of fused-ring (bicyclic) bond motifs is 2. The standard InChI is InChI=1S/C15H25IO3/c1-5-11(16)12(17)18-9-19-13-14(2,3)10-6-7-15(13,4)8-10/h10-11,13H,5-9H2,1-4H3. The third kappa shape index (κ3) is 2.80. The van der Waals surface area contributed by atoms with E-state index < -0.39 is 0 Å². The average molecular weight is 380 g/mol. The second kappa shape index (κ2) is 5.51. The van der Waals surface area contributed by atoms with Crippen molar-refractivity contribution in [3.63, 3.8) is 0 Å². The first-order chi connectivity index (χ1) is 8.81. The lowest BCUT2D eigenvalue weighted by Crippen LogP contribution is -2.43. The maximum absolute atomic E-state index is 11.6. The lowest BCUT2D eigenvalue weighted by molar-refractivity contribution is -0.178. The molecule has 2 saturated carbocycles. The zero-order chi connectivity index (χ0) is 14.3. The molecule has 2 aliphatic rings. The fourth-order valence-electron chi connectivity index (χ4n) is 4.09. The van der Waals surface area contributed by atoms with Crippen LogP contribution in [0.4, 0.5) is 0 Å². The summed E-state index contributed by atoms with van der Waals surface area (Å²) in [7, 11) is 0. The number of halogens is 1. The molecule has 110 valence electrons. The van der Waals surface area contributed by atoms with Gasteiger partial charge in [0, 0.05) is 0 Å². The minimum absolute atomic E-state index is 0.0650. The third-order valence-electron chi connectivity index (χ3n) is 5.19. The molecule has 0 N–H and O–H groups in total. The van der Waals surface area contributed by atoms with Crippen LogP contribution in [-0.4, -0.2) is 22.8 Å². The highest BCUT2D eigenvalue weighted by atomic mass is 127. The number of rotatable bonds is 5. The van der Waals surface area contributed by atoms with Gasteiger partial charge in [0.2, 0.25) is 0 Å². The lowest BCUT2D eigenvalue weighted by Gasteiger charge is -2.42. The van der Waals surface area contributed by atoms with E-state index in [1.807, 2.05) is 6.92 Å². The molecule has 0 saturated heterocycles. The summed E-state index contributed by atoms with van der Waals surface area (Å²) in [6.07, 6.45) is 4.82. The summed E-state index contributed by atoms with van der Waals surface area (Å²) in [5.74, 6) is 0.598. The van der Waals surface area contributed by atoms with Gasteiger partial charge in [0.1, 0.15) is 3.92 Å². The largest absolute Gasteiger partial charge is 0.438 e. The Morgan fingerprint density at radius 2 is 2.11 bits per heavy atom. The van der Waals surface area contributed by atoms with Crippen LogP contribution in [0.2, 0.25) is 0 Å². The van der Waals surface area contributed by atoms with Crippen molar-refractivity contribution in [2.75, 3.05) is 6.79 Å². The van der Waals surface area contributed by atoms with Crippen molar-refractivity contribution >= 4 is 28.6 Å². The normalized spacial score (nSPS) is 37.3. The van der Waals surface area contributed by atoms with Crippen LogP contribution in [0.1, 0.15) is 53.4 Å². The second-order valence-electron chi connectivity index (χ2n) is 6.92. The molecule has 0 aromatic rings. The Labute approximate surface area is 129 Å². The van der Waals surface area contributed by atoms with Crippen molar-refractivity contribution in [2.45, 2.75) is 63.4 Å². The molecule has 2 aliphatic carbocycles. The summed E-state index contributed by atoms with van der Waals surface area (Å²) in [6, 6.07) is 0. The monoisotopic (exact) mass is 380 g/mol. The van der Waals surface area contributed by atoms with E-state index >= 15 is 0 Å².